The standard InChI is InChI=1S/C13H18BrNO/c1-2-8-15-9-3-4-10-16-13-7-5-6-12(14)11-13/h2,5-7,11,15H,1,3-4,8-10H2/p+1. The molecule has 0 radical (unpaired) electrons. The van der Waals surface area contributed by atoms with Crippen molar-refractivity contribution in [1.82, 2.24) is 0 Å². The fourth-order valence-corrected chi connectivity index (χ4v) is 1.75. The Bertz CT molecular complexity index is 315. The topological polar surface area (TPSA) is 25.8 Å². The molecule has 0 bridgehead atoms. The van der Waals surface area contributed by atoms with Crippen molar-refractivity contribution >= 4 is 15.9 Å². The van der Waals surface area contributed by atoms with Crippen molar-refractivity contribution in [2.24, 2.45) is 0 Å². The lowest BCUT2D eigenvalue weighted by Gasteiger charge is -2.05. The molecule has 0 heterocycles. The molecule has 0 aliphatic heterocycles. The fourth-order valence-electron chi connectivity index (χ4n) is 1.37. The second-order valence-corrected chi connectivity index (χ2v) is 4.53. The molecule has 0 aromatic heterocycles. The molecule has 0 fully saturated rings. The predicted octanol–water partition coefficient (Wildman–Crippen LogP) is 2.36. The summed E-state index contributed by atoms with van der Waals surface area (Å²) in [6.07, 6.45) is 4.21. The zero-order valence-electron chi connectivity index (χ0n) is 9.49. The lowest BCUT2D eigenvalue weighted by atomic mass is 10.3. The Hall–Kier alpha value is -0.800. The lowest BCUT2D eigenvalue weighted by Crippen LogP contribution is -2.83. The Morgan fingerprint density at radius 3 is 3.00 bits per heavy atom. The highest BCUT2D eigenvalue weighted by Gasteiger charge is 1.95. The molecule has 2 nitrogen and oxygen atoms in total. The van der Waals surface area contributed by atoms with Gasteiger partial charge in [-0.05, 0) is 37.1 Å². The van der Waals surface area contributed by atoms with Crippen molar-refractivity contribution in [3.63, 3.8) is 0 Å². The van der Waals surface area contributed by atoms with Crippen LogP contribution >= 0.6 is 15.9 Å². The van der Waals surface area contributed by atoms with E-state index < -0.39 is 0 Å². The van der Waals surface area contributed by atoms with Gasteiger partial charge in [0.2, 0.25) is 0 Å². The number of hydrogen-bond acceptors (Lipinski definition) is 1. The first-order chi connectivity index (χ1) is 7.83. The first kappa shape index (κ1) is 13.3. The van der Waals surface area contributed by atoms with Gasteiger partial charge in [-0.25, -0.2) is 0 Å². The zero-order valence-corrected chi connectivity index (χ0v) is 11.1. The Labute approximate surface area is 106 Å². The first-order valence-electron chi connectivity index (χ1n) is 5.64. The molecule has 0 atom stereocenters. The summed E-state index contributed by atoms with van der Waals surface area (Å²) in [5.74, 6) is 0.935. The molecule has 1 rings (SSSR count). The molecular formula is C13H19BrNO+. The SMILES string of the molecule is C=CC[NH2+]CCCCOc1cccc(Br)c1. The van der Waals surface area contributed by atoms with Gasteiger partial charge in [-0.15, -0.1) is 0 Å². The quantitative estimate of drug-likeness (QED) is 0.576. The number of ether oxygens (including phenoxy) is 1. The third kappa shape index (κ3) is 5.93. The highest BCUT2D eigenvalue weighted by Crippen LogP contribution is 2.17. The number of rotatable bonds is 8. The van der Waals surface area contributed by atoms with Crippen LogP contribution in [-0.4, -0.2) is 19.7 Å². The van der Waals surface area contributed by atoms with E-state index in [1.54, 1.807) is 0 Å². The van der Waals surface area contributed by atoms with Crippen molar-refractivity contribution in [2.75, 3.05) is 19.7 Å². The second-order valence-electron chi connectivity index (χ2n) is 3.61. The van der Waals surface area contributed by atoms with Crippen LogP contribution in [0.5, 0.6) is 5.75 Å². The van der Waals surface area contributed by atoms with Gasteiger partial charge in [0.25, 0.3) is 0 Å². The third-order valence-corrected chi connectivity index (χ3v) is 2.69. The van der Waals surface area contributed by atoms with Crippen LogP contribution < -0.4 is 10.1 Å². The molecular weight excluding hydrogens is 266 g/mol. The molecule has 0 aliphatic carbocycles. The van der Waals surface area contributed by atoms with Crippen LogP contribution in [0.4, 0.5) is 0 Å². The Morgan fingerprint density at radius 2 is 2.25 bits per heavy atom. The minimum atomic E-state index is 0.790. The molecule has 1 aromatic rings. The molecule has 88 valence electrons. The predicted molar refractivity (Wildman–Crippen MR) is 70.7 cm³/mol. The normalized spacial score (nSPS) is 10.1. The van der Waals surface area contributed by atoms with Crippen LogP contribution in [0, 0.1) is 0 Å². The lowest BCUT2D eigenvalue weighted by molar-refractivity contribution is -0.646. The van der Waals surface area contributed by atoms with E-state index in [9.17, 15) is 0 Å². The van der Waals surface area contributed by atoms with Gasteiger partial charge >= 0.3 is 0 Å². The van der Waals surface area contributed by atoms with Gasteiger partial charge < -0.3 is 10.1 Å². The van der Waals surface area contributed by atoms with E-state index in [4.69, 9.17) is 4.74 Å². The molecule has 0 spiro atoms. The number of hydrogen-bond donors (Lipinski definition) is 1. The van der Waals surface area contributed by atoms with E-state index in [0.717, 1.165) is 36.3 Å². The Balaban J connectivity index is 2.05. The number of benzene rings is 1. The largest absolute Gasteiger partial charge is 0.494 e. The van der Waals surface area contributed by atoms with Crippen LogP contribution in [0.3, 0.4) is 0 Å². The van der Waals surface area contributed by atoms with E-state index in [2.05, 4.69) is 27.8 Å². The molecule has 0 aliphatic rings. The van der Waals surface area contributed by atoms with Crippen LogP contribution in [0.15, 0.2) is 41.4 Å². The van der Waals surface area contributed by atoms with Crippen molar-refractivity contribution in [1.29, 1.82) is 0 Å². The summed E-state index contributed by atoms with van der Waals surface area (Å²) in [7, 11) is 0. The van der Waals surface area contributed by atoms with Crippen LogP contribution in [-0.2, 0) is 0 Å². The number of nitrogens with two attached hydrogens (primary N) is 1. The number of quaternary nitrogens is 1. The van der Waals surface area contributed by atoms with Gasteiger partial charge in [-0.3, -0.25) is 0 Å². The molecule has 0 saturated heterocycles. The summed E-state index contributed by atoms with van der Waals surface area (Å²) in [5, 5.41) is 2.26. The second kappa shape index (κ2) is 8.36. The van der Waals surface area contributed by atoms with Crippen molar-refractivity contribution < 1.29 is 10.1 Å². The summed E-state index contributed by atoms with van der Waals surface area (Å²) >= 11 is 3.42. The third-order valence-electron chi connectivity index (χ3n) is 2.20. The van der Waals surface area contributed by atoms with E-state index in [-0.39, 0.29) is 0 Å². The summed E-state index contributed by atoms with van der Waals surface area (Å²) < 4.78 is 6.69. The molecule has 0 unspecified atom stereocenters. The molecule has 2 N–H and O–H groups in total. The Kier molecular flexibility index (Phi) is 6.93. The molecule has 0 amide bonds. The molecule has 0 saturated carbocycles. The smallest absolute Gasteiger partial charge is 0.120 e. The van der Waals surface area contributed by atoms with Crippen molar-refractivity contribution in [3.8, 4) is 5.75 Å². The van der Waals surface area contributed by atoms with Gasteiger partial charge in [-0.2, -0.15) is 0 Å². The Morgan fingerprint density at radius 1 is 1.38 bits per heavy atom. The van der Waals surface area contributed by atoms with Gasteiger partial charge in [-0.1, -0.05) is 28.6 Å². The highest BCUT2D eigenvalue weighted by molar-refractivity contribution is 9.10. The van der Waals surface area contributed by atoms with Crippen molar-refractivity contribution in [2.45, 2.75) is 12.8 Å². The minimum absolute atomic E-state index is 0.790. The zero-order chi connectivity index (χ0) is 11.6. The monoisotopic (exact) mass is 284 g/mol. The first-order valence-corrected chi connectivity index (χ1v) is 6.43. The molecule has 3 heteroatoms. The van der Waals surface area contributed by atoms with Crippen LogP contribution in [0.1, 0.15) is 12.8 Å². The summed E-state index contributed by atoms with van der Waals surface area (Å²) in [5.41, 5.74) is 0. The van der Waals surface area contributed by atoms with Crippen LogP contribution in [0.2, 0.25) is 0 Å². The van der Waals surface area contributed by atoms with Crippen molar-refractivity contribution in [3.05, 3.63) is 41.4 Å². The maximum absolute atomic E-state index is 5.63. The van der Waals surface area contributed by atoms with Gasteiger partial charge in [0.05, 0.1) is 19.7 Å². The average Bonchev–Trinajstić information content (AvgIpc) is 2.28. The maximum Gasteiger partial charge on any atom is 0.120 e. The molecule has 16 heavy (non-hydrogen) atoms. The fraction of sp³-hybridized carbons (Fsp3) is 0.385. The average molecular weight is 285 g/mol. The number of halogens is 1. The van der Waals surface area contributed by atoms with Gasteiger partial charge in [0.1, 0.15) is 5.75 Å². The highest BCUT2D eigenvalue weighted by atomic mass is 79.9. The van der Waals surface area contributed by atoms with Gasteiger partial charge in [0.15, 0.2) is 0 Å². The van der Waals surface area contributed by atoms with E-state index >= 15 is 0 Å². The summed E-state index contributed by atoms with van der Waals surface area (Å²) in [6, 6.07) is 7.95. The van der Waals surface area contributed by atoms with E-state index in [0.29, 0.717) is 0 Å². The van der Waals surface area contributed by atoms with E-state index in [1.807, 2.05) is 30.3 Å². The summed E-state index contributed by atoms with van der Waals surface area (Å²) in [4.78, 5) is 0. The summed E-state index contributed by atoms with van der Waals surface area (Å²) in [6.45, 7) is 6.63. The maximum atomic E-state index is 5.63. The van der Waals surface area contributed by atoms with Gasteiger partial charge in [0, 0.05) is 4.47 Å². The molecule has 1 aromatic carbocycles. The minimum Gasteiger partial charge on any atom is -0.494 e. The number of unbranched alkanes of at least 4 members (excludes halogenated alkanes) is 1. The van der Waals surface area contributed by atoms with Crippen LogP contribution in [0.25, 0.3) is 0 Å². The van der Waals surface area contributed by atoms with E-state index in [1.165, 1.54) is 6.42 Å².